The number of hydrogen-bond donors (Lipinski definition) is 1. The van der Waals surface area contributed by atoms with Crippen molar-refractivity contribution in [2.45, 2.75) is 37.8 Å². The van der Waals surface area contributed by atoms with Crippen LogP contribution in [0.4, 0.5) is 19.0 Å². The molecule has 1 amide bonds. The fourth-order valence-electron chi connectivity index (χ4n) is 3.58. The van der Waals surface area contributed by atoms with Crippen LogP contribution in [0.25, 0.3) is 11.2 Å². The van der Waals surface area contributed by atoms with Crippen LogP contribution in [0.15, 0.2) is 12.7 Å². The molecule has 2 atom stereocenters. The topological polar surface area (TPSA) is 96.6 Å². The zero-order chi connectivity index (χ0) is 20.1. The molecule has 4 rings (SSSR count). The lowest BCUT2D eigenvalue weighted by atomic mass is 9.97. The Hall–Kier alpha value is -2.47. The molecule has 2 aromatic heterocycles. The molecule has 4 heterocycles. The first-order valence-electron chi connectivity index (χ1n) is 8.75. The van der Waals surface area contributed by atoms with Crippen LogP contribution in [0.1, 0.15) is 13.3 Å². The first-order valence-corrected chi connectivity index (χ1v) is 8.75. The maximum absolute atomic E-state index is 12.6. The van der Waals surface area contributed by atoms with Crippen LogP contribution < -0.4 is 4.90 Å². The number of rotatable bonds is 4. The monoisotopic (exact) mass is 400 g/mol. The number of aliphatic hydroxyl groups is 1. The number of amides is 1. The largest absolute Gasteiger partial charge is 0.406 e. The van der Waals surface area contributed by atoms with E-state index in [9.17, 15) is 23.1 Å². The standard InChI is InChI=1S/C16H19F3N6O3/c1-10-15(27,2-3-28-10)5-24-8-22-12-13(20-7-21-14(12)24)23-4-11(26)25(9-23)6-16(17,18)19/h7-8,10,27H,2-6,9H2,1H3. The van der Waals surface area contributed by atoms with E-state index in [1.165, 1.54) is 17.6 Å². The van der Waals surface area contributed by atoms with Crippen molar-refractivity contribution in [2.75, 3.05) is 31.3 Å². The Kier molecular flexibility index (Phi) is 4.42. The Morgan fingerprint density at radius 1 is 1.36 bits per heavy atom. The van der Waals surface area contributed by atoms with Crippen LogP contribution in [-0.4, -0.2) is 79.7 Å². The van der Waals surface area contributed by atoms with Gasteiger partial charge in [-0.05, 0) is 6.92 Å². The van der Waals surface area contributed by atoms with E-state index in [1.807, 2.05) is 0 Å². The molecule has 1 N–H and O–H groups in total. The average Bonchev–Trinajstić information content (AvgIpc) is 3.26. The number of ether oxygens (including phenoxy) is 1. The minimum atomic E-state index is -4.47. The summed E-state index contributed by atoms with van der Waals surface area (Å²) in [6.45, 7) is 0.694. The van der Waals surface area contributed by atoms with Gasteiger partial charge in [0.25, 0.3) is 0 Å². The molecule has 2 aromatic rings. The molecule has 12 heteroatoms. The van der Waals surface area contributed by atoms with E-state index in [0.29, 0.717) is 24.2 Å². The van der Waals surface area contributed by atoms with Crippen molar-refractivity contribution >= 4 is 22.9 Å². The Morgan fingerprint density at radius 3 is 2.82 bits per heavy atom. The van der Waals surface area contributed by atoms with E-state index in [-0.39, 0.29) is 31.7 Å². The van der Waals surface area contributed by atoms with Crippen LogP contribution in [0.2, 0.25) is 0 Å². The number of nitrogens with zero attached hydrogens (tertiary/aromatic N) is 6. The third-order valence-electron chi connectivity index (χ3n) is 5.18. The molecule has 0 saturated carbocycles. The van der Waals surface area contributed by atoms with E-state index < -0.39 is 24.2 Å². The fraction of sp³-hybridized carbons (Fsp3) is 0.625. The van der Waals surface area contributed by atoms with Gasteiger partial charge in [-0.2, -0.15) is 13.2 Å². The fourth-order valence-corrected chi connectivity index (χ4v) is 3.58. The molecule has 0 radical (unpaired) electrons. The molecule has 0 aromatic carbocycles. The minimum Gasteiger partial charge on any atom is -0.385 e. The van der Waals surface area contributed by atoms with Crippen molar-refractivity contribution in [3.05, 3.63) is 12.7 Å². The lowest BCUT2D eigenvalue weighted by Crippen LogP contribution is -2.40. The number of halogens is 3. The molecule has 152 valence electrons. The van der Waals surface area contributed by atoms with Gasteiger partial charge in [-0.25, -0.2) is 15.0 Å². The number of alkyl halides is 3. The zero-order valence-corrected chi connectivity index (χ0v) is 15.1. The molecule has 0 spiro atoms. The van der Waals surface area contributed by atoms with E-state index in [2.05, 4.69) is 15.0 Å². The lowest BCUT2D eigenvalue weighted by molar-refractivity contribution is -0.156. The summed E-state index contributed by atoms with van der Waals surface area (Å²) in [6, 6.07) is 0. The van der Waals surface area contributed by atoms with E-state index >= 15 is 0 Å². The number of carbonyl (C=O) groups excluding carboxylic acids is 1. The first-order chi connectivity index (χ1) is 13.2. The van der Waals surface area contributed by atoms with Gasteiger partial charge in [-0.3, -0.25) is 4.79 Å². The average molecular weight is 400 g/mol. The highest BCUT2D eigenvalue weighted by Gasteiger charge is 2.41. The Labute approximate surface area is 157 Å². The molecule has 9 nitrogen and oxygen atoms in total. The summed E-state index contributed by atoms with van der Waals surface area (Å²) in [5, 5.41) is 10.8. The molecule has 2 aliphatic rings. The van der Waals surface area contributed by atoms with Crippen LogP contribution in [0, 0.1) is 0 Å². The van der Waals surface area contributed by atoms with Crippen LogP contribution in [0.3, 0.4) is 0 Å². The van der Waals surface area contributed by atoms with Crippen molar-refractivity contribution in [3.8, 4) is 0 Å². The Balaban J connectivity index is 1.60. The number of aromatic nitrogens is 4. The van der Waals surface area contributed by atoms with Crippen LogP contribution in [0.5, 0.6) is 0 Å². The minimum absolute atomic E-state index is 0.209. The molecule has 2 aliphatic heterocycles. The van der Waals surface area contributed by atoms with Gasteiger partial charge >= 0.3 is 6.18 Å². The molecular weight excluding hydrogens is 381 g/mol. The second-order valence-corrected chi connectivity index (χ2v) is 7.15. The normalized spacial score (nSPS) is 26.0. The van der Waals surface area contributed by atoms with Crippen LogP contribution >= 0.6 is 0 Å². The first kappa shape index (κ1) is 18.9. The highest BCUT2D eigenvalue weighted by Crippen LogP contribution is 2.30. The van der Waals surface area contributed by atoms with E-state index in [4.69, 9.17) is 4.74 Å². The molecule has 0 bridgehead atoms. The van der Waals surface area contributed by atoms with Crippen molar-refractivity contribution in [3.63, 3.8) is 0 Å². The van der Waals surface area contributed by atoms with Crippen molar-refractivity contribution < 1.29 is 27.8 Å². The van der Waals surface area contributed by atoms with Gasteiger partial charge in [0.15, 0.2) is 17.0 Å². The third-order valence-corrected chi connectivity index (χ3v) is 5.18. The summed E-state index contributed by atoms with van der Waals surface area (Å²) in [6.07, 6.45) is -1.58. The summed E-state index contributed by atoms with van der Waals surface area (Å²) in [4.78, 5) is 26.7. The summed E-state index contributed by atoms with van der Waals surface area (Å²) in [5.41, 5.74) is -0.273. The lowest BCUT2D eigenvalue weighted by Gasteiger charge is -2.26. The van der Waals surface area contributed by atoms with Gasteiger partial charge < -0.3 is 24.2 Å². The van der Waals surface area contributed by atoms with Crippen molar-refractivity contribution in [1.29, 1.82) is 0 Å². The smallest absolute Gasteiger partial charge is 0.385 e. The molecular formula is C16H19F3N6O3. The maximum Gasteiger partial charge on any atom is 0.406 e. The van der Waals surface area contributed by atoms with Gasteiger partial charge in [0.2, 0.25) is 5.91 Å². The summed E-state index contributed by atoms with van der Waals surface area (Å²) in [7, 11) is 0. The molecule has 2 saturated heterocycles. The van der Waals surface area contributed by atoms with E-state index in [0.717, 1.165) is 4.90 Å². The number of imidazole rings is 1. The molecule has 28 heavy (non-hydrogen) atoms. The summed E-state index contributed by atoms with van der Waals surface area (Å²) >= 11 is 0. The highest BCUT2D eigenvalue weighted by molar-refractivity contribution is 5.90. The summed E-state index contributed by atoms with van der Waals surface area (Å²) < 4.78 is 45.0. The predicted molar refractivity (Wildman–Crippen MR) is 90.3 cm³/mol. The molecule has 0 aliphatic carbocycles. The Bertz CT molecular complexity index is 903. The third kappa shape index (κ3) is 3.37. The van der Waals surface area contributed by atoms with Crippen molar-refractivity contribution in [1.82, 2.24) is 24.4 Å². The van der Waals surface area contributed by atoms with Gasteiger partial charge in [0.05, 0.1) is 25.6 Å². The van der Waals surface area contributed by atoms with Gasteiger partial charge in [0, 0.05) is 13.0 Å². The number of carbonyl (C=O) groups is 1. The van der Waals surface area contributed by atoms with Gasteiger partial charge in [-0.15, -0.1) is 0 Å². The van der Waals surface area contributed by atoms with Gasteiger partial charge in [0.1, 0.15) is 25.0 Å². The number of hydrogen-bond acceptors (Lipinski definition) is 7. The van der Waals surface area contributed by atoms with Crippen LogP contribution in [-0.2, 0) is 16.1 Å². The molecule has 2 fully saturated rings. The Morgan fingerprint density at radius 2 is 2.14 bits per heavy atom. The quantitative estimate of drug-likeness (QED) is 0.800. The maximum atomic E-state index is 12.6. The van der Waals surface area contributed by atoms with Crippen molar-refractivity contribution in [2.24, 2.45) is 0 Å². The van der Waals surface area contributed by atoms with Gasteiger partial charge in [-0.1, -0.05) is 0 Å². The van der Waals surface area contributed by atoms with E-state index in [1.54, 1.807) is 11.5 Å². The second-order valence-electron chi connectivity index (χ2n) is 7.15. The number of anilines is 1. The SMILES string of the molecule is CC1OCCC1(O)Cn1cnc2c(N3CC(=O)N(CC(F)(F)F)C3)ncnc21. The predicted octanol–water partition coefficient (Wildman–Crippen LogP) is 0.535. The molecule has 2 unspecified atom stereocenters. The highest BCUT2D eigenvalue weighted by atomic mass is 19.4. The number of fused-ring (bicyclic) bond motifs is 1. The summed E-state index contributed by atoms with van der Waals surface area (Å²) in [5.74, 6) is -0.348. The second kappa shape index (κ2) is 6.55. The zero-order valence-electron chi connectivity index (χ0n) is 15.1.